The number of hydrogen-bond donors (Lipinski definition) is 1. The molecule has 0 aliphatic carbocycles. The van der Waals surface area contributed by atoms with E-state index in [1.165, 1.54) is 11.6 Å². The van der Waals surface area contributed by atoms with E-state index in [-0.39, 0.29) is 11.6 Å². The monoisotopic (exact) mass is 382 g/mol. The highest BCUT2D eigenvalue weighted by Gasteiger charge is 2.23. The topological polar surface area (TPSA) is 78.7 Å². The summed E-state index contributed by atoms with van der Waals surface area (Å²) in [4.78, 5) is 27.5. The number of rotatable bonds is 5. The Hall–Kier alpha value is -3.09. The Balaban J connectivity index is 1.65. The molecule has 1 N–H and O–H groups in total. The van der Waals surface area contributed by atoms with E-state index in [2.05, 4.69) is 24.1 Å². The average Bonchev–Trinajstić information content (AvgIpc) is 2.72. The molecule has 3 rings (SSSR count). The number of carbonyl (C=O) groups excluding carboxylic acids is 1. The molecule has 1 aliphatic heterocycles. The second-order valence-electron chi connectivity index (χ2n) is 7.26. The fourth-order valence-electron chi connectivity index (χ4n) is 3.44. The van der Waals surface area contributed by atoms with Crippen molar-refractivity contribution < 1.29 is 9.72 Å². The summed E-state index contributed by atoms with van der Waals surface area (Å²) in [6.07, 6.45) is 0. The lowest BCUT2D eigenvalue weighted by Crippen LogP contribution is -2.48. The minimum atomic E-state index is -0.392. The molecule has 28 heavy (non-hydrogen) atoms. The van der Waals surface area contributed by atoms with Crippen LogP contribution in [0.1, 0.15) is 35.7 Å². The summed E-state index contributed by atoms with van der Waals surface area (Å²) in [5.74, 6) is 0.492. The van der Waals surface area contributed by atoms with Crippen LogP contribution < -0.4 is 10.2 Å². The molecule has 7 heteroatoms. The Labute approximate surface area is 165 Å². The molecule has 1 heterocycles. The first-order valence-electron chi connectivity index (χ1n) is 9.51. The molecule has 0 saturated carbocycles. The molecule has 0 unspecified atom stereocenters. The molecular formula is C21H26N4O3. The lowest BCUT2D eigenvalue weighted by molar-refractivity contribution is -0.383. The van der Waals surface area contributed by atoms with Crippen LogP contribution in [0.5, 0.6) is 0 Å². The zero-order valence-corrected chi connectivity index (χ0v) is 16.5. The van der Waals surface area contributed by atoms with Gasteiger partial charge in [0, 0.05) is 50.5 Å². The van der Waals surface area contributed by atoms with Gasteiger partial charge < -0.3 is 15.1 Å². The number of amides is 1. The smallest absolute Gasteiger partial charge is 0.292 e. The van der Waals surface area contributed by atoms with Gasteiger partial charge in [-0.25, -0.2) is 0 Å². The minimum Gasteiger partial charge on any atom is -0.383 e. The Morgan fingerprint density at radius 3 is 2.25 bits per heavy atom. The van der Waals surface area contributed by atoms with Crippen LogP contribution in [0.4, 0.5) is 17.1 Å². The van der Waals surface area contributed by atoms with Crippen molar-refractivity contribution in [2.24, 2.45) is 0 Å². The third-order valence-corrected chi connectivity index (χ3v) is 5.20. The lowest BCUT2D eigenvalue weighted by Gasteiger charge is -2.36. The predicted octanol–water partition coefficient (Wildman–Crippen LogP) is 3.72. The van der Waals surface area contributed by atoms with Crippen molar-refractivity contribution in [3.05, 3.63) is 63.7 Å². The molecule has 0 atom stereocenters. The van der Waals surface area contributed by atoms with Crippen LogP contribution in [0.3, 0.4) is 0 Å². The van der Waals surface area contributed by atoms with Crippen LogP contribution in [0.25, 0.3) is 0 Å². The summed E-state index contributed by atoms with van der Waals surface area (Å²) in [6.45, 7) is 6.89. The van der Waals surface area contributed by atoms with Crippen LogP contribution in [-0.4, -0.2) is 49.0 Å². The summed E-state index contributed by atoms with van der Waals surface area (Å²) in [7, 11) is 1.67. The molecule has 148 valence electrons. The maximum atomic E-state index is 12.8. The first-order valence-corrected chi connectivity index (χ1v) is 9.51. The normalized spacial score (nSPS) is 14.3. The summed E-state index contributed by atoms with van der Waals surface area (Å²) in [5, 5.41) is 14.0. The van der Waals surface area contributed by atoms with Gasteiger partial charge in [0.05, 0.1) is 4.92 Å². The van der Waals surface area contributed by atoms with Crippen molar-refractivity contribution in [3.63, 3.8) is 0 Å². The molecule has 7 nitrogen and oxygen atoms in total. The second-order valence-corrected chi connectivity index (χ2v) is 7.26. The van der Waals surface area contributed by atoms with Crippen LogP contribution in [0.2, 0.25) is 0 Å². The fraction of sp³-hybridized carbons (Fsp3) is 0.381. The van der Waals surface area contributed by atoms with Gasteiger partial charge in [-0.1, -0.05) is 26.0 Å². The lowest BCUT2D eigenvalue weighted by atomic mass is 10.0. The minimum absolute atomic E-state index is 0.0505. The van der Waals surface area contributed by atoms with E-state index in [1.54, 1.807) is 19.2 Å². The largest absolute Gasteiger partial charge is 0.383 e. The van der Waals surface area contributed by atoms with Crippen molar-refractivity contribution in [3.8, 4) is 0 Å². The predicted molar refractivity (Wildman–Crippen MR) is 111 cm³/mol. The number of piperazine rings is 1. The first-order chi connectivity index (χ1) is 13.4. The van der Waals surface area contributed by atoms with E-state index in [0.29, 0.717) is 43.3 Å². The molecule has 1 aliphatic rings. The molecule has 1 fully saturated rings. The van der Waals surface area contributed by atoms with Crippen LogP contribution in [0.15, 0.2) is 42.5 Å². The van der Waals surface area contributed by atoms with Gasteiger partial charge >= 0.3 is 0 Å². The third kappa shape index (κ3) is 4.08. The Kier molecular flexibility index (Phi) is 5.82. The molecule has 0 radical (unpaired) electrons. The molecule has 0 aromatic heterocycles. The van der Waals surface area contributed by atoms with Crippen molar-refractivity contribution in [1.29, 1.82) is 0 Å². The molecule has 0 spiro atoms. The Morgan fingerprint density at radius 1 is 1.07 bits per heavy atom. The highest BCUT2D eigenvalue weighted by Crippen LogP contribution is 2.29. The van der Waals surface area contributed by atoms with E-state index < -0.39 is 4.92 Å². The van der Waals surface area contributed by atoms with Gasteiger partial charge in [0.1, 0.15) is 5.69 Å². The van der Waals surface area contributed by atoms with E-state index in [4.69, 9.17) is 0 Å². The van der Waals surface area contributed by atoms with Crippen LogP contribution in [-0.2, 0) is 0 Å². The highest BCUT2D eigenvalue weighted by atomic mass is 16.6. The maximum Gasteiger partial charge on any atom is 0.292 e. The SMILES string of the molecule is CNc1cc(N2CCN(C(=O)c3ccc(C(C)C)cc3)CC2)ccc1[N+](=O)[O-]. The molecule has 2 aromatic carbocycles. The fourth-order valence-corrected chi connectivity index (χ4v) is 3.44. The number of carbonyl (C=O) groups is 1. The van der Waals surface area contributed by atoms with E-state index in [0.717, 1.165) is 5.69 Å². The molecule has 1 amide bonds. The van der Waals surface area contributed by atoms with Crippen LogP contribution >= 0.6 is 0 Å². The Morgan fingerprint density at radius 2 is 1.71 bits per heavy atom. The summed E-state index contributed by atoms with van der Waals surface area (Å²) in [6, 6.07) is 12.9. The number of hydrogen-bond acceptors (Lipinski definition) is 5. The molecule has 0 bridgehead atoms. The van der Waals surface area contributed by atoms with Gasteiger partial charge in [0.2, 0.25) is 0 Å². The van der Waals surface area contributed by atoms with Crippen molar-refractivity contribution in [2.45, 2.75) is 19.8 Å². The van der Waals surface area contributed by atoms with Crippen molar-refractivity contribution in [1.82, 2.24) is 4.90 Å². The molecular weight excluding hydrogens is 356 g/mol. The van der Waals surface area contributed by atoms with Gasteiger partial charge in [-0.2, -0.15) is 0 Å². The number of anilines is 2. The first kappa shape index (κ1) is 19.7. The highest BCUT2D eigenvalue weighted by molar-refractivity contribution is 5.94. The average molecular weight is 382 g/mol. The third-order valence-electron chi connectivity index (χ3n) is 5.20. The quantitative estimate of drug-likeness (QED) is 0.630. The zero-order chi connectivity index (χ0) is 20.3. The second kappa shape index (κ2) is 8.29. The van der Waals surface area contributed by atoms with Crippen LogP contribution in [0, 0.1) is 10.1 Å². The number of nitrogens with zero attached hydrogens (tertiary/aromatic N) is 3. The molecule has 1 saturated heterocycles. The number of nitrogens with one attached hydrogen (secondary N) is 1. The van der Waals surface area contributed by atoms with E-state index >= 15 is 0 Å². The number of benzene rings is 2. The summed E-state index contributed by atoms with van der Waals surface area (Å²) < 4.78 is 0. The van der Waals surface area contributed by atoms with E-state index in [9.17, 15) is 14.9 Å². The number of nitro benzene ring substituents is 1. The van der Waals surface area contributed by atoms with Gasteiger partial charge in [0.25, 0.3) is 11.6 Å². The van der Waals surface area contributed by atoms with Gasteiger partial charge in [-0.05, 0) is 35.7 Å². The standard InChI is InChI=1S/C21H26N4O3/c1-15(2)16-4-6-17(7-5-16)21(26)24-12-10-23(11-13-24)18-8-9-20(25(27)28)19(14-18)22-3/h4-9,14-15,22H,10-13H2,1-3H3. The Bertz CT molecular complexity index is 856. The maximum absolute atomic E-state index is 12.8. The van der Waals surface area contributed by atoms with Crippen molar-refractivity contribution >= 4 is 23.0 Å². The van der Waals surface area contributed by atoms with E-state index in [1.807, 2.05) is 29.2 Å². The summed E-state index contributed by atoms with van der Waals surface area (Å²) in [5.41, 5.74) is 3.41. The van der Waals surface area contributed by atoms with Gasteiger partial charge in [0.15, 0.2) is 0 Å². The van der Waals surface area contributed by atoms with Gasteiger partial charge in [-0.15, -0.1) is 0 Å². The zero-order valence-electron chi connectivity index (χ0n) is 16.5. The molecule has 2 aromatic rings. The summed E-state index contributed by atoms with van der Waals surface area (Å²) >= 11 is 0. The van der Waals surface area contributed by atoms with Gasteiger partial charge in [-0.3, -0.25) is 14.9 Å². The number of nitro groups is 1. The van der Waals surface area contributed by atoms with Crippen molar-refractivity contribution in [2.75, 3.05) is 43.4 Å².